The van der Waals surface area contributed by atoms with Crippen molar-refractivity contribution in [1.82, 2.24) is 4.98 Å². The molecule has 1 atom stereocenters. The molecule has 47 heavy (non-hydrogen) atoms. The minimum absolute atomic E-state index is 0.0277. The number of hydrogen-bond acceptors (Lipinski definition) is 9. The van der Waals surface area contributed by atoms with Crippen molar-refractivity contribution >= 4 is 53.0 Å². The number of halogens is 2. The molecule has 0 amide bonds. The second kappa shape index (κ2) is 12.4. The van der Waals surface area contributed by atoms with Gasteiger partial charge in [-0.2, -0.15) is 0 Å². The summed E-state index contributed by atoms with van der Waals surface area (Å²) in [7, 11) is -1.06. The first-order valence-corrected chi connectivity index (χ1v) is 16.1. The predicted octanol–water partition coefficient (Wildman–Crippen LogP) is 6.39. The first-order valence-electron chi connectivity index (χ1n) is 15.7. The molecule has 0 aliphatic carbocycles. The normalized spacial score (nSPS) is 18.1. The molecule has 12 heteroatoms. The molecular weight excluding hydrogens is 624 g/mol. The molecule has 0 spiro atoms. The number of aromatic nitrogens is 1. The van der Waals surface area contributed by atoms with Crippen LogP contribution in [-0.2, 0) is 14.0 Å². The van der Waals surface area contributed by atoms with Crippen LogP contribution < -0.4 is 21.1 Å². The molecule has 4 heterocycles. The minimum Gasteiger partial charge on any atom is -0.440 e. The maximum absolute atomic E-state index is 15.9. The third kappa shape index (κ3) is 6.06. The predicted molar refractivity (Wildman–Crippen MR) is 183 cm³/mol. The summed E-state index contributed by atoms with van der Waals surface area (Å²) < 4.78 is 40.1. The first kappa shape index (κ1) is 33.1. The summed E-state index contributed by atoms with van der Waals surface area (Å²) in [6.07, 6.45) is 0.585. The summed E-state index contributed by atoms with van der Waals surface area (Å²) in [6.45, 7) is 15.5. The van der Waals surface area contributed by atoms with E-state index in [1.165, 1.54) is 6.07 Å². The van der Waals surface area contributed by atoms with Crippen LogP contribution >= 0.6 is 11.6 Å². The fourth-order valence-electron chi connectivity index (χ4n) is 6.11. The summed E-state index contributed by atoms with van der Waals surface area (Å²) in [5, 5.41) is 4.16. The number of anilines is 2. The summed E-state index contributed by atoms with van der Waals surface area (Å²) in [4.78, 5) is 32.5. The molecule has 1 unspecified atom stereocenters. The number of aldehydes is 1. The van der Waals surface area contributed by atoms with E-state index in [1.807, 2.05) is 58.6 Å². The zero-order chi connectivity index (χ0) is 33.8. The van der Waals surface area contributed by atoms with Crippen molar-refractivity contribution in [2.24, 2.45) is 0 Å². The van der Waals surface area contributed by atoms with E-state index in [0.29, 0.717) is 72.0 Å². The van der Waals surface area contributed by atoms with Gasteiger partial charge in [-0.25, -0.2) is 9.37 Å². The summed E-state index contributed by atoms with van der Waals surface area (Å²) in [5.74, 6) is -0.128. The van der Waals surface area contributed by atoms with Crippen molar-refractivity contribution in [3.05, 3.63) is 79.8 Å². The van der Waals surface area contributed by atoms with Gasteiger partial charge >= 0.3 is 7.12 Å². The third-order valence-corrected chi connectivity index (χ3v) is 9.63. The number of ether oxygens (including phenoxy) is 1. The Kier molecular flexibility index (Phi) is 8.71. The Morgan fingerprint density at radius 1 is 1.06 bits per heavy atom. The highest BCUT2D eigenvalue weighted by Gasteiger charge is 2.53. The molecule has 2 aromatic carbocycles. The van der Waals surface area contributed by atoms with Gasteiger partial charge in [0, 0.05) is 35.2 Å². The summed E-state index contributed by atoms with van der Waals surface area (Å²) in [6, 6.07) is 9.68. The van der Waals surface area contributed by atoms with Crippen LogP contribution in [-0.4, -0.2) is 55.9 Å². The van der Waals surface area contributed by atoms with Crippen molar-refractivity contribution in [3.63, 3.8) is 0 Å². The number of morpholine rings is 1. The SMILES string of the molecule is Cc1cc(C(C)Nc2ccc(Cl)nc2-c2cc(F)c(B3OC(C)(C)C(C)(C)O3)c(C=O)c2)c2oc(N3CCOCC3)c(C)c(=O)c2c1. The first-order chi connectivity index (χ1) is 22.2. The van der Waals surface area contributed by atoms with Gasteiger partial charge in [-0.15, -0.1) is 0 Å². The lowest BCUT2D eigenvalue weighted by Gasteiger charge is -2.32. The molecule has 4 aromatic rings. The van der Waals surface area contributed by atoms with E-state index in [1.54, 1.807) is 25.1 Å². The lowest BCUT2D eigenvalue weighted by Crippen LogP contribution is -2.41. The monoisotopic (exact) mass is 661 g/mol. The van der Waals surface area contributed by atoms with Crippen molar-refractivity contribution < 1.29 is 27.6 Å². The van der Waals surface area contributed by atoms with Crippen molar-refractivity contribution in [2.75, 3.05) is 36.5 Å². The molecular formula is C35H38BClFN3O6. The molecule has 0 bridgehead atoms. The number of benzene rings is 2. The number of aryl methyl sites for hydroxylation is 1. The maximum atomic E-state index is 15.9. The Hall–Kier alpha value is -3.77. The average molecular weight is 662 g/mol. The molecule has 2 aliphatic heterocycles. The van der Waals surface area contributed by atoms with Gasteiger partial charge < -0.3 is 28.7 Å². The van der Waals surface area contributed by atoms with Crippen LogP contribution in [0.25, 0.3) is 22.2 Å². The van der Waals surface area contributed by atoms with Gasteiger partial charge in [0.05, 0.1) is 52.8 Å². The molecule has 2 aromatic heterocycles. The van der Waals surface area contributed by atoms with E-state index >= 15 is 4.39 Å². The minimum atomic E-state index is -1.06. The van der Waals surface area contributed by atoms with Gasteiger partial charge in [0.2, 0.25) is 5.88 Å². The molecule has 246 valence electrons. The molecule has 2 fully saturated rings. The van der Waals surface area contributed by atoms with Crippen LogP contribution in [0.2, 0.25) is 5.15 Å². The molecule has 0 radical (unpaired) electrons. The quantitative estimate of drug-likeness (QED) is 0.137. The number of hydrogen-bond donors (Lipinski definition) is 1. The van der Waals surface area contributed by atoms with Crippen LogP contribution in [0.1, 0.15) is 67.7 Å². The zero-order valence-corrected chi connectivity index (χ0v) is 28.4. The van der Waals surface area contributed by atoms with Gasteiger partial charge in [0.1, 0.15) is 22.8 Å². The van der Waals surface area contributed by atoms with Crippen LogP contribution in [0.4, 0.5) is 16.0 Å². The Bertz CT molecular complexity index is 1930. The van der Waals surface area contributed by atoms with E-state index in [9.17, 15) is 9.59 Å². The number of nitrogens with one attached hydrogen (secondary N) is 1. The number of carbonyl (C=O) groups excluding carboxylic acids is 1. The smallest absolute Gasteiger partial charge is 0.440 e. The van der Waals surface area contributed by atoms with Crippen LogP contribution in [0, 0.1) is 19.7 Å². The zero-order valence-electron chi connectivity index (χ0n) is 27.6. The highest BCUT2D eigenvalue weighted by molar-refractivity contribution is 6.63. The highest BCUT2D eigenvalue weighted by atomic mass is 35.5. The summed E-state index contributed by atoms with van der Waals surface area (Å²) in [5.41, 5.74) is 2.52. The fourth-order valence-corrected chi connectivity index (χ4v) is 6.26. The Morgan fingerprint density at radius 2 is 1.74 bits per heavy atom. The molecule has 9 nitrogen and oxygen atoms in total. The van der Waals surface area contributed by atoms with Gasteiger partial charge in [-0.05, 0) is 84.4 Å². The van der Waals surface area contributed by atoms with E-state index in [0.717, 1.165) is 11.1 Å². The maximum Gasteiger partial charge on any atom is 0.498 e. The van der Waals surface area contributed by atoms with E-state index in [4.69, 9.17) is 30.1 Å². The second-order valence-corrected chi connectivity index (χ2v) is 13.6. The van der Waals surface area contributed by atoms with Crippen molar-refractivity contribution in [1.29, 1.82) is 0 Å². The van der Waals surface area contributed by atoms with E-state index in [-0.39, 0.29) is 27.6 Å². The number of nitrogens with zero attached hydrogens (tertiary/aromatic N) is 2. The number of pyridine rings is 1. The van der Waals surface area contributed by atoms with Crippen LogP contribution in [0.5, 0.6) is 0 Å². The molecule has 2 aliphatic rings. The fraction of sp³-hybridized carbons (Fsp3) is 0.400. The molecule has 6 rings (SSSR count). The van der Waals surface area contributed by atoms with Gasteiger partial charge in [0.15, 0.2) is 5.43 Å². The number of rotatable bonds is 7. The van der Waals surface area contributed by atoms with Gasteiger partial charge in [-0.1, -0.05) is 17.7 Å². The average Bonchev–Trinajstić information content (AvgIpc) is 3.24. The number of carbonyl (C=O) groups is 1. The van der Waals surface area contributed by atoms with Gasteiger partial charge in [0.25, 0.3) is 0 Å². The lowest BCUT2D eigenvalue weighted by molar-refractivity contribution is 0.00578. The molecule has 1 N–H and O–H groups in total. The third-order valence-electron chi connectivity index (χ3n) is 9.42. The highest BCUT2D eigenvalue weighted by Crippen LogP contribution is 2.38. The second-order valence-electron chi connectivity index (χ2n) is 13.3. The van der Waals surface area contributed by atoms with Gasteiger partial charge in [-0.3, -0.25) is 9.59 Å². The van der Waals surface area contributed by atoms with E-state index in [2.05, 4.69) is 10.3 Å². The largest absolute Gasteiger partial charge is 0.498 e. The topological polar surface area (TPSA) is 103 Å². The Morgan fingerprint density at radius 3 is 2.40 bits per heavy atom. The Labute approximate surface area is 278 Å². The van der Waals surface area contributed by atoms with Crippen molar-refractivity contribution in [3.8, 4) is 11.3 Å². The molecule has 0 saturated carbocycles. The summed E-state index contributed by atoms with van der Waals surface area (Å²) >= 11 is 6.35. The van der Waals surface area contributed by atoms with Crippen molar-refractivity contribution in [2.45, 2.75) is 65.7 Å². The van der Waals surface area contributed by atoms with Crippen LogP contribution in [0.3, 0.4) is 0 Å². The van der Waals surface area contributed by atoms with E-state index < -0.39 is 24.1 Å². The number of fused-ring (bicyclic) bond motifs is 1. The standard InChI is InChI=1S/C35H38BClFN3O6/c1-19-14-24(32-25(15-19)31(43)20(2)33(45-32)41-10-12-44-13-11-41)21(3)39-27-8-9-28(37)40-30(27)22-16-23(18-42)29(26(38)17-22)36-46-34(4,5)35(6,7)47-36/h8-9,14-18,21,39H,10-13H2,1-7H3. The Balaban J connectivity index is 1.40. The lowest BCUT2D eigenvalue weighted by atomic mass is 9.75. The van der Waals surface area contributed by atoms with Crippen LogP contribution in [0.15, 0.2) is 45.6 Å². The molecule has 2 saturated heterocycles.